The average Bonchev–Trinajstić information content (AvgIpc) is 3.28. The molecule has 3 aromatic carbocycles. The van der Waals surface area contributed by atoms with E-state index in [2.05, 4.69) is 19.9 Å². The Hall–Kier alpha value is -4.27. The second kappa shape index (κ2) is 12.3. The van der Waals surface area contributed by atoms with E-state index < -0.39 is 35.9 Å². The lowest BCUT2D eigenvalue weighted by Crippen LogP contribution is -2.35. The lowest BCUT2D eigenvalue weighted by Gasteiger charge is -2.35. The van der Waals surface area contributed by atoms with E-state index in [-0.39, 0.29) is 5.41 Å². The normalized spacial score (nSPS) is 19.8. The Morgan fingerprint density at radius 1 is 1.00 bits per heavy atom. The maximum Gasteiger partial charge on any atom is 0.416 e. The summed E-state index contributed by atoms with van der Waals surface area (Å²) in [4.78, 5) is 26.8. The molecule has 2 aliphatic rings. The molecule has 0 bridgehead atoms. The predicted molar refractivity (Wildman–Crippen MR) is 166 cm³/mol. The number of halogens is 3. The van der Waals surface area contributed by atoms with E-state index in [9.17, 15) is 22.8 Å². The summed E-state index contributed by atoms with van der Waals surface area (Å²) < 4.78 is 56.9. The van der Waals surface area contributed by atoms with Gasteiger partial charge in [-0.25, -0.2) is 9.59 Å². The smallest absolute Gasteiger partial charge is 0.416 e. The molecule has 1 amide bonds. The van der Waals surface area contributed by atoms with Crippen LogP contribution in [0.4, 0.5) is 18.0 Å². The van der Waals surface area contributed by atoms with Gasteiger partial charge in [0, 0.05) is 6.54 Å². The number of amides is 1. The van der Waals surface area contributed by atoms with Gasteiger partial charge in [0.15, 0.2) is 0 Å². The number of rotatable bonds is 7. The quantitative estimate of drug-likeness (QED) is 0.246. The Morgan fingerprint density at radius 3 is 2.33 bits per heavy atom. The number of nitrogens with zero attached hydrogens (tertiary/aromatic N) is 1. The first-order valence-electron chi connectivity index (χ1n) is 14.9. The maximum absolute atomic E-state index is 13.6. The molecule has 0 N–H and O–H groups in total. The van der Waals surface area contributed by atoms with Gasteiger partial charge in [0.1, 0.15) is 11.9 Å². The van der Waals surface area contributed by atoms with Crippen LogP contribution in [0.3, 0.4) is 0 Å². The predicted octanol–water partition coefficient (Wildman–Crippen LogP) is 9.02. The van der Waals surface area contributed by atoms with Crippen LogP contribution in [-0.2, 0) is 15.7 Å². The van der Waals surface area contributed by atoms with Gasteiger partial charge < -0.3 is 14.2 Å². The minimum atomic E-state index is -4.50. The van der Waals surface area contributed by atoms with Crippen molar-refractivity contribution in [2.24, 2.45) is 5.41 Å². The topological polar surface area (TPSA) is 65.1 Å². The third-order valence-corrected chi connectivity index (χ3v) is 8.81. The fourth-order valence-corrected chi connectivity index (χ4v) is 6.39. The molecule has 1 fully saturated rings. The van der Waals surface area contributed by atoms with Gasteiger partial charge in [0.2, 0.25) is 0 Å². The first kappa shape index (κ1) is 32.1. The number of hydrogen-bond acceptors (Lipinski definition) is 5. The molecule has 0 spiro atoms. The number of esters is 1. The molecular weight excluding hydrogens is 583 g/mol. The molecule has 1 aliphatic carbocycles. The number of benzene rings is 3. The molecule has 3 aromatic rings. The third kappa shape index (κ3) is 6.87. The highest BCUT2D eigenvalue weighted by atomic mass is 19.4. The van der Waals surface area contributed by atoms with Crippen LogP contribution in [0.5, 0.6) is 5.75 Å². The van der Waals surface area contributed by atoms with Crippen molar-refractivity contribution in [2.45, 2.75) is 65.3 Å². The summed E-state index contributed by atoms with van der Waals surface area (Å²) in [7, 11) is 2.95. The van der Waals surface area contributed by atoms with Crippen molar-refractivity contribution in [2.75, 3.05) is 20.8 Å². The minimum absolute atomic E-state index is 0.00529. The van der Waals surface area contributed by atoms with Gasteiger partial charge >= 0.3 is 18.2 Å². The molecule has 1 saturated heterocycles. The van der Waals surface area contributed by atoms with Crippen molar-refractivity contribution in [1.82, 2.24) is 4.90 Å². The summed E-state index contributed by atoms with van der Waals surface area (Å²) in [6, 6.07) is 16.5. The molecule has 0 radical (unpaired) electrons. The molecule has 9 heteroatoms. The zero-order valence-electron chi connectivity index (χ0n) is 26.4. The van der Waals surface area contributed by atoms with Gasteiger partial charge in [-0.3, -0.25) is 4.90 Å². The number of carbonyl (C=O) groups excluding carboxylic acids is 2. The van der Waals surface area contributed by atoms with Crippen LogP contribution in [0.1, 0.15) is 78.7 Å². The SMILES string of the molecule is COC(=O)c1ccc(-c2cc(OC)cc(C3=C(CN4C(=O)O[C@H](c5cc(C)cc(C(F)(F)F)c5)[C@@H]4C)CC(C)(C)CC3)c2)cc1. The standard InChI is InChI=1S/C36H38F3NO5/c1-21-13-27(16-29(14-21)36(37,38)39)32-22(2)40(34(42)45-32)20-28-19-35(3,4)12-11-31(28)26-15-25(17-30(18-26)43-5)23-7-9-24(10-8-23)33(41)44-6/h7-10,13-18,22,32H,11-12,19-20H2,1-6H3/t22-,32-/m0/s1. The number of aryl methyl sites for hydroxylation is 1. The number of allylic oxidation sites excluding steroid dienone is 1. The number of ether oxygens (including phenoxy) is 3. The molecule has 1 aliphatic heterocycles. The third-order valence-electron chi connectivity index (χ3n) is 8.81. The van der Waals surface area contributed by atoms with E-state index in [1.807, 2.05) is 31.2 Å². The molecule has 2 atom stereocenters. The monoisotopic (exact) mass is 621 g/mol. The van der Waals surface area contributed by atoms with Crippen molar-refractivity contribution in [3.05, 3.63) is 94.1 Å². The van der Waals surface area contributed by atoms with Crippen LogP contribution in [0.2, 0.25) is 0 Å². The molecule has 238 valence electrons. The Bertz CT molecular complexity index is 1640. The van der Waals surface area contributed by atoms with E-state index in [1.54, 1.807) is 37.1 Å². The van der Waals surface area contributed by atoms with Gasteiger partial charge in [-0.1, -0.05) is 37.6 Å². The second-order valence-corrected chi connectivity index (χ2v) is 12.7. The largest absolute Gasteiger partial charge is 0.497 e. The summed E-state index contributed by atoms with van der Waals surface area (Å²) in [6.07, 6.45) is -3.40. The second-order valence-electron chi connectivity index (χ2n) is 12.7. The highest BCUT2D eigenvalue weighted by Gasteiger charge is 2.42. The lowest BCUT2D eigenvalue weighted by atomic mass is 9.72. The van der Waals surface area contributed by atoms with Crippen LogP contribution in [0.25, 0.3) is 16.7 Å². The van der Waals surface area contributed by atoms with E-state index in [1.165, 1.54) is 7.11 Å². The number of methoxy groups -OCH3 is 2. The highest BCUT2D eigenvalue weighted by molar-refractivity contribution is 5.90. The van der Waals surface area contributed by atoms with Crippen LogP contribution in [-0.4, -0.2) is 43.8 Å². The van der Waals surface area contributed by atoms with Gasteiger partial charge in [-0.15, -0.1) is 0 Å². The molecule has 0 aromatic heterocycles. The maximum atomic E-state index is 13.6. The fourth-order valence-electron chi connectivity index (χ4n) is 6.39. The molecule has 5 rings (SSSR count). The summed E-state index contributed by atoms with van der Waals surface area (Å²) in [5.74, 6) is 0.262. The molecule has 45 heavy (non-hydrogen) atoms. The number of hydrogen-bond donors (Lipinski definition) is 0. The summed E-state index contributed by atoms with van der Waals surface area (Å²) in [5.41, 5.74) is 5.44. The first-order valence-corrected chi connectivity index (χ1v) is 14.9. The lowest BCUT2D eigenvalue weighted by molar-refractivity contribution is -0.137. The zero-order valence-corrected chi connectivity index (χ0v) is 26.4. The highest BCUT2D eigenvalue weighted by Crippen LogP contribution is 2.45. The Balaban J connectivity index is 1.50. The number of carbonyl (C=O) groups is 2. The average molecular weight is 622 g/mol. The number of cyclic esters (lactones) is 1. The first-order chi connectivity index (χ1) is 21.2. The van der Waals surface area contributed by atoms with Gasteiger partial charge in [0.25, 0.3) is 0 Å². The van der Waals surface area contributed by atoms with Crippen LogP contribution < -0.4 is 4.74 Å². The van der Waals surface area contributed by atoms with Gasteiger partial charge in [-0.2, -0.15) is 13.2 Å². The molecular formula is C36H38F3NO5. The number of alkyl halides is 3. The molecule has 0 unspecified atom stereocenters. The van der Waals surface area contributed by atoms with Crippen molar-refractivity contribution < 1.29 is 37.0 Å². The van der Waals surface area contributed by atoms with Crippen molar-refractivity contribution in [3.63, 3.8) is 0 Å². The minimum Gasteiger partial charge on any atom is -0.497 e. The van der Waals surface area contributed by atoms with E-state index in [0.717, 1.165) is 59.2 Å². The Kier molecular flexibility index (Phi) is 8.75. The molecule has 0 saturated carbocycles. The fraction of sp³-hybridized carbons (Fsp3) is 0.389. The van der Waals surface area contributed by atoms with Gasteiger partial charge in [0.05, 0.1) is 31.4 Å². The van der Waals surface area contributed by atoms with E-state index in [0.29, 0.717) is 29.0 Å². The molecule has 1 heterocycles. The van der Waals surface area contributed by atoms with E-state index >= 15 is 0 Å². The van der Waals surface area contributed by atoms with Crippen molar-refractivity contribution in [3.8, 4) is 16.9 Å². The van der Waals surface area contributed by atoms with Crippen LogP contribution in [0, 0.1) is 12.3 Å². The zero-order chi connectivity index (χ0) is 32.7. The van der Waals surface area contributed by atoms with E-state index in [4.69, 9.17) is 14.2 Å². The van der Waals surface area contributed by atoms with Crippen molar-refractivity contribution >= 4 is 17.6 Å². The summed E-state index contributed by atoms with van der Waals surface area (Å²) >= 11 is 0. The van der Waals surface area contributed by atoms with Crippen LogP contribution in [0.15, 0.2) is 66.2 Å². The van der Waals surface area contributed by atoms with Gasteiger partial charge in [-0.05, 0) is 114 Å². The Morgan fingerprint density at radius 2 is 1.69 bits per heavy atom. The summed E-state index contributed by atoms with van der Waals surface area (Å²) in [5, 5.41) is 0. The summed E-state index contributed by atoms with van der Waals surface area (Å²) in [6.45, 7) is 8.12. The molecule has 6 nitrogen and oxygen atoms in total. The Labute approximate surface area is 261 Å². The van der Waals surface area contributed by atoms with Crippen LogP contribution >= 0.6 is 0 Å². The van der Waals surface area contributed by atoms with Crippen molar-refractivity contribution in [1.29, 1.82) is 0 Å².